The average molecular weight is 288 g/mol. The first-order valence-corrected chi connectivity index (χ1v) is 6.32. The van der Waals surface area contributed by atoms with Gasteiger partial charge in [-0.15, -0.1) is 0 Å². The Kier molecular flexibility index (Phi) is 6.15. The van der Waals surface area contributed by atoms with Crippen LogP contribution in [-0.4, -0.2) is 40.3 Å². The maximum Gasteiger partial charge on any atom is 0.203 e. The molecule has 0 aromatic heterocycles. The van der Waals surface area contributed by atoms with Gasteiger partial charge in [0.05, 0.1) is 27.4 Å². The van der Waals surface area contributed by atoms with Crippen LogP contribution in [0.4, 0.5) is 0 Å². The number of nitriles is 1. The summed E-state index contributed by atoms with van der Waals surface area (Å²) in [4.78, 5) is 1.89. The maximum absolute atomic E-state index is 8.96. The van der Waals surface area contributed by atoms with Crippen LogP contribution >= 0.6 is 0 Å². The molecule has 21 heavy (non-hydrogen) atoms. The molecule has 0 fully saturated rings. The number of hydrogen-bond acceptors (Lipinski definition) is 5. The van der Waals surface area contributed by atoms with E-state index in [1.54, 1.807) is 21.3 Å². The van der Waals surface area contributed by atoms with Crippen molar-refractivity contribution in [2.24, 2.45) is 0 Å². The van der Waals surface area contributed by atoms with Crippen molar-refractivity contribution in [2.75, 3.05) is 35.4 Å². The first kappa shape index (κ1) is 16.4. The van der Waals surface area contributed by atoms with Gasteiger partial charge in [-0.1, -0.05) is 0 Å². The highest BCUT2D eigenvalue weighted by Gasteiger charge is 2.14. The monoisotopic (exact) mass is 288 g/mol. The summed E-state index contributed by atoms with van der Waals surface area (Å²) >= 11 is 0. The second-order valence-electron chi connectivity index (χ2n) is 4.42. The molecule has 0 bridgehead atoms. The number of ether oxygens (including phenoxy) is 3. The van der Waals surface area contributed by atoms with Gasteiger partial charge in [-0.2, -0.15) is 5.26 Å². The number of benzene rings is 1. The first-order chi connectivity index (χ1) is 10.1. The number of hydrogen-bond donors (Lipinski definition) is 0. The van der Waals surface area contributed by atoms with Crippen LogP contribution in [-0.2, 0) is 0 Å². The molecule has 0 N–H and O–H groups in total. The summed E-state index contributed by atoms with van der Waals surface area (Å²) < 4.78 is 15.9. The number of allylic oxidation sites excluding steroid dienone is 3. The zero-order valence-electron chi connectivity index (χ0n) is 13.0. The number of rotatable bonds is 6. The largest absolute Gasteiger partial charge is 0.493 e. The Morgan fingerprint density at radius 1 is 1.10 bits per heavy atom. The van der Waals surface area contributed by atoms with E-state index in [2.05, 4.69) is 0 Å². The molecule has 1 rings (SSSR count). The fourth-order valence-corrected chi connectivity index (χ4v) is 1.77. The molecule has 1 aromatic carbocycles. The minimum Gasteiger partial charge on any atom is -0.493 e. The van der Waals surface area contributed by atoms with Crippen molar-refractivity contribution in [3.05, 3.63) is 36.0 Å². The first-order valence-electron chi connectivity index (χ1n) is 6.32. The van der Waals surface area contributed by atoms with E-state index in [0.717, 1.165) is 11.1 Å². The van der Waals surface area contributed by atoms with Crippen molar-refractivity contribution >= 4 is 5.57 Å². The minimum absolute atomic E-state index is 0.525. The zero-order valence-corrected chi connectivity index (χ0v) is 13.0. The Morgan fingerprint density at radius 2 is 1.67 bits per heavy atom. The van der Waals surface area contributed by atoms with Crippen LogP contribution in [0.25, 0.3) is 5.57 Å². The molecule has 0 heterocycles. The van der Waals surface area contributed by atoms with E-state index in [1.807, 2.05) is 49.5 Å². The highest BCUT2D eigenvalue weighted by Crippen LogP contribution is 2.40. The predicted octanol–water partition coefficient (Wildman–Crippen LogP) is 2.69. The molecule has 112 valence electrons. The van der Waals surface area contributed by atoms with Gasteiger partial charge in [-0.3, -0.25) is 0 Å². The predicted molar refractivity (Wildman–Crippen MR) is 82.5 cm³/mol. The normalized spacial score (nSPS) is 11.1. The molecule has 0 aliphatic rings. The molecule has 0 unspecified atom stereocenters. The van der Waals surface area contributed by atoms with Gasteiger partial charge in [0, 0.05) is 20.2 Å². The lowest BCUT2D eigenvalue weighted by Gasteiger charge is -2.14. The molecule has 0 spiro atoms. The van der Waals surface area contributed by atoms with E-state index in [0.29, 0.717) is 17.2 Å². The summed E-state index contributed by atoms with van der Waals surface area (Å²) in [5, 5.41) is 8.96. The summed E-state index contributed by atoms with van der Waals surface area (Å²) in [6.45, 7) is 0. The van der Waals surface area contributed by atoms with Crippen LogP contribution in [0.5, 0.6) is 17.2 Å². The van der Waals surface area contributed by atoms with Crippen molar-refractivity contribution in [2.45, 2.75) is 0 Å². The molecule has 0 aliphatic heterocycles. The number of methoxy groups -OCH3 is 3. The van der Waals surface area contributed by atoms with Crippen molar-refractivity contribution in [1.82, 2.24) is 4.90 Å². The van der Waals surface area contributed by atoms with Gasteiger partial charge in [0.1, 0.15) is 0 Å². The standard InChI is InChI=1S/C16H20N2O3/c1-18(2)9-7-12(6-8-17)13-10-14(19-3)16(21-5)15(11-13)20-4/h6-7,9-11H,1-5H3/b9-7+,12-6+. The third kappa shape index (κ3) is 4.18. The quantitative estimate of drug-likeness (QED) is 0.595. The van der Waals surface area contributed by atoms with Crippen molar-refractivity contribution in [1.29, 1.82) is 5.26 Å². The van der Waals surface area contributed by atoms with Crippen LogP contribution in [0, 0.1) is 11.3 Å². The highest BCUT2D eigenvalue weighted by molar-refractivity contribution is 5.78. The summed E-state index contributed by atoms with van der Waals surface area (Å²) in [5.74, 6) is 1.62. The molecule has 0 aliphatic carbocycles. The van der Waals surface area contributed by atoms with E-state index < -0.39 is 0 Å². The molecule has 5 heteroatoms. The van der Waals surface area contributed by atoms with Crippen molar-refractivity contribution < 1.29 is 14.2 Å². The Bertz CT molecular complexity index is 559. The topological polar surface area (TPSA) is 54.7 Å². The van der Waals surface area contributed by atoms with Crippen LogP contribution in [0.1, 0.15) is 5.56 Å². The summed E-state index contributed by atoms with van der Waals surface area (Å²) in [7, 11) is 8.50. The average Bonchev–Trinajstić information content (AvgIpc) is 2.49. The highest BCUT2D eigenvalue weighted by atomic mass is 16.5. The van der Waals surface area contributed by atoms with E-state index >= 15 is 0 Å². The summed E-state index contributed by atoms with van der Waals surface area (Å²) in [6.07, 6.45) is 5.19. The fourth-order valence-electron chi connectivity index (χ4n) is 1.77. The van der Waals surface area contributed by atoms with Crippen molar-refractivity contribution in [3.8, 4) is 23.3 Å². The molecule has 5 nitrogen and oxygen atoms in total. The van der Waals surface area contributed by atoms with E-state index in [1.165, 1.54) is 6.08 Å². The third-order valence-corrected chi connectivity index (χ3v) is 2.77. The van der Waals surface area contributed by atoms with Gasteiger partial charge in [0.25, 0.3) is 0 Å². The number of nitrogens with zero attached hydrogens (tertiary/aromatic N) is 2. The van der Waals surface area contributed by atoms with E-state index in [4.69, 9.17) is 19.5 Å². The molecular weight excluding hydrogens is 268 g/mol. The van der Waals surface area contributed by atoms with Gasteiger partial charge < -0.3 is 19.1 Å². The fraction of sp³-hybridized carbons (Fsp3) is 0.312. The SMILES string of the molecule is COc1cc(C(/C=C/N(C)C)=C/C#N)cc(OC)c1OC. The van der Waals surface area contributed by atoms with E-state index in [9.17, 15) is 0 Å². The smallest absolute Gasteiger partial charge is 0.203 e. The summed E-state index contributed by atoms with van der Waals surface area (Å²) in [6, 6.07) is 5.67. The molecule has 0 saturated carbocycles. The Labute approximate surface area is 125 Å². The van der Waals surface area contributed by atoms with Gasteiger partial charge in [-0.25, -0.2) is 0 Å². The van der Waals surface area contributed by atoms with Gasteiger partial charge >= 0.3 is 0 Å². The molecule has 0 saturated heterocycles. The Balaban J connectivity index is 3.40. The van der Waals surface area contributed by atoms with Gasteiger partial charge in [-0.05, 0) is 35.5 Å². The second kappa shape index (κ2) is 7.85. The van der Waals surface area contributed by atoms with Crippen LogP contribution in [0.15, 0.2) is 30.5 Å². The second-order valence-corrected chi connectivity index (χ2v) is 4.42. The summed E-state index contributed by atoms with van der Waals surface area (Å²) in [5.41, 5.74) is 1.56. The lowest BCUT2D eigenvalue weighted by atomic mass is 10.0. The molecule has 0 radical (unpaired) electrons. The minimum atomic E-state index is 0.525. The third-order valence-electron chi connectivity index (χ3n) is 2.77. The lowest BCUT2D eigenvalue weighted by molar-refractivity contribution is 0.324. The Morgan fingerprint density at radius 3 is 2.05 bits per heavy atom. The molecule has 0 amide bonds. The maximum atomic E-state index is 8.96. The molecular formula is C16H20N2O3. The molecule has 1 aromatic rings. The van der Waals surface area contributed by atoms with E-state index in [-0.39, 0.29) is 0 Å². The van der Waals surface area contributed by atoms with Crippen molar-refractivity contribution in [3.63, 3.8) is 0 Å². The van der Waals surface area contributed by atoms with Gasteiger partial charge in [0.15, 0.2) is 11.5 Å². The van der Waals surface area contributed by atoms with Gasteiger partial charge in [0.2, 0.25) is 5.75 Å². The van der Waals surface area contributed by atoms with Crippen LogP contribution in [0.2, 0.25) is 0 Å². The van der Waals surface area contributed by atoms with Crippen LogP contribution in [0.3, 0.4) is 0 Å². The van der Waals surface area contributed by atoms with Crippen LogP contribution < -0.4 is 14.2 Å². The Hall–Kier alpha value is -2.61. The molecule has 0 atom stereocenters. The zero-order chi connectivity index (χ0) is 15.8. The lowest BCUT2D eigenvalue weighted by Crippen LogP contribution is -2.00.